The first-order valence-electron chi connectivity index (χ1n) is 9.00. The number of carbonyl (C=O) groups excluding carboxylic acids is 1. The molecule has 3 N–H and O–H groups in total. The van der Waals surface area contributed by atoms with Crippen molar-refractivity contribution in [2.45, 2.75) is 0 Å². The van der Waals surface area contributed by atoms with Crippen molar-refractivity contribution >= 4 is 53.1 Å². The number of amides is 1. The summed E-state index contributed by atoms with van der Waals surface area (Å²) in [7, 11) is 0. The lowest BCUT2D eigenvalue weighted by molar-refractivity contribution is 0.0950. The Kier molecular flexibility index (Phi) is 7.44. The Morgan fingerprint density at radius 2 is 1.66 bits per heavy atom. The van der Waals surface area contributed by atoms with Crippen LogP contribution < -0.4 is 11.3 Å². The molecule has 4 aromatic rings. The predicted molar refractivity (Wildman–Crippen MR) is 128 cm³/mol. The molecule has 5 nitrogen and oxygen atoms in total. The minimum atomic E-state index is -0.628. The van der Waals surface area contributed by atoms with Gasteiger partial charge in [-0.05, 0) is 54.6 Å². The Labute approximate surface area is 204 Å². The van der Waals surface area contributed by atoms with E-state index in [-0.39, 0.29) is 23.1 Å². The highest BCUT2D eigenvalue weighted by atomic mass is 35.5. The van der Waals surface area contributed by atoms with E-state index in [0.717, 1.165) is 0 Å². The standard InChI is InChI=1S/C22H14Cl3FN4O.ClH/c23-13-6-8-14(9-7-13)30-20(12-5-10-18(26)17(25)11-12)19(22(31)29-27)28-21(30)15-3-1-2-4-16(15)24;/h1-11H,27H2,(H,29,31);1H. The maximum absolute atomic E-state index is 13.8. The van der Waals surface area contributed by atoms with Crippen LogP contribution in [-0.2, 0) is 0 Å². The number of aromatic nitrogens is 2. The topological polar surface area (TPSA) is 72.9 Å². The number of carbonyl (C=O) groups is 1. The quantitative estimate of drug-likeness (QED) is 0.191. The van der Waals surface area contributed by atoms with Crippen LogP contribution in [-0.4, -0.2) is 15.5 Å². The Hall–Kier alpha value is -2.61. The molecule has 10 heteroatoms. The van der Waals surface area contributed by atoms with Crippen LogP contribution >= 0.6 is 47.2 Å². The molecule has 1 amide bonds. The second-order valence-electron chi connectivity index (χ2n) is 6.53. The molecule has 1 aromatic heterocycles. The maximum atomic E-state index is 13.8. The minimum Gasteiger partial charge on any atom is -0.291 e. The van der Waals surface area contributed by atoms with Crippen molar-refractivity contribution in [1.82, 2.24) is 15.0 Å². The third-order valence-electron chi connectivity index (χ3n) is 4.62. The van der Waals surface area contributed by atoms with E-state index in [0.29, 0.717) is 38.4 Å². The Bertz CT molecular complexity index is 1290. The summed E-state index contributed by atoms with van der Waals surface area (Å²) in [6, 6.07) is 18.2. The van der Waals surface area contributed by atoms with Gasteiger partial charge in [-0.3, -0.25) is 14.8 Å². The summed E-state index contributed by atoms with van der Waals surface area (Å²) in [4.78, 5) is 17.2. The molecule has 4 rings (SSSR count). The highest BCUT2D eigenvalue weighted by Gasteiger charge is 2.26. The van der Waals surface area contributed by atoms with Crippen LogP contribution in [0.4, 0.5) is 4.39 Å². The van der Waals surface area contributed by atoms with Crippen molar-refractivity contribution in [1.29, 1.82) is 0 Å². The molecule has 1 heterocycles. The molecule has 0 saturated heterocycles. The van der Waals surface area contributed by atoms with Gasteiger partial charge in [0.05, 0.1) is 15.7 Å². The van der Waals surface area contributed by atoms with E-state index in [1.165, 1.54) is 18.2 Å². The lowest BCUT2D eigenvalue weighted by Gasteiger charge is -2.14. The number of nitrogens with zero attached hydrogens (tertiary/aromatic N) is 2. The summed E-state index contributed by atoms with van der Waals surface area (Å²) >= 11 is 18.5. The van der Waals surface area contributed by atoms with E-state index in [4.69, 9.17) is 40.6 Å². The first-order valence-corrected chi connectivity index (χ1v) is 10.1. The van der Waals surface area contributed by atoms with Gasteiger partial charge in [-0.25, -0.2) is 15.2 Å². The molecule has 0 aliphatic carbocycles. The van der Waals surface area contributed by atoms with Crippen LogP contribution in [0.25, 0.3) is 28.3 Å². The zero-order chi connectivity index (χ0) is 22.1. The largest absolute Gasteiger partial charge is 0.291 e. The third kappa shape index (κ3) is 4.46. The van der Waals surface area contributed by atoms with E-state index < -0.39 is 11.7 Å². The number of halogens is 5. The number of rotatable bonds is 4. The Morgan fingerprint density at radius 3 is 2.28 bits per heavy atom. The van der Waals surface area contributed by atoms with Gasteiger partial charge >= 0.3 is 0 Å². The van der Waals surface area contributed by atoms with Crippen molar-refractivity contribution in [3.63, 3.8) is 0 Å². The number of benzene rings is 3. The summed E-state index contributed by atoms with van der Waals surface area (Å²) in [5, 5.41) is 0.875. The van der Waals surface area contributed by atoms with Gasteiger partial charge in [-0.1, -0.05) is 46.9 Å². The predicted octanol–water partition coefficient (Wildman–Crippen LogP) is 6.33. The van der Waals surface area contributed by atoms with Gasteiger partial charge in [-0.2, -0.15) is 0 Å². The number of nitrogens with two attached hydrogens (primary N) is 1. The molecule has 164 valence electrons. The molecular weight excluding hydrogens is 497 g/mol. The molecule has 0 spiro atoms. The van der Waals surface area contributed by atoms with Crippen molar-refractivity contribution in [2.75, 3.05) is 0 Å². The number of nitrogen functional groups attached to an aromatic ring is 1. The fourth-order valence-corrected chi connectivity index (χ4v) is 3.75. The van der Waals surface area contributed by atoms with Gasteiger partial charge in [0.25, 0.3) is 5.91 Å². The molecule has 3 aromatic carbocycles. The monoisotopic (exact) mass is 510 g/mol. The molecule has 0 radical (unpaired) electrons. The zero-order valence-corrected chi connectivity index (χ0v) is 19.2. The Balaban J connectivity index is 0.00000289. The second kappa shape index (κ2) is 9.90. The summed E-state index contributed by atoms with van der Waals surface area (Å²) in [6.07, 6.45) is 0. The van der Waals surface area contributed by atoms with Crippen LogP contribution in [0, 0.1) is 5.82 Å². The fraction of sp³-hybridized carbons (Fsp3) is 0. The van der Waals surface area contributed by atoms with Crippen LogP contribution in [0.5, 0.6) is 0 Å². The molecule has 0 bridgehead atoms. The summed E-state index contributed by atoms with van der Waals surface area (Å²) < 4.78 is 15.6. The maximum Gasteiger partial charge on any atom is 0.286 e. The lowest BCUT2D eigenvalue weighted by atomic mass is 10.1. The van der Waals surface area contributed by atoms with E-state index in [2.05, 4.69) is 10.4 Å². The van der Waals surface area contributed by atoms with Crippen LogP contribution in [0.3, 0.4) is 0 Å². The number of imidazole rings is 1. The first-order chi connectivity index (χ1) is 14.9. The Morgan fingerprint density at radius 1 is 0.969 bits per heavy atom. The van der Waals surface area contributed by atoms with E-state index in [9.17, 15) is 9.18 Å². The van der Waals surface area contributed by atoms with Crippen LogP contribution in [0.2, 0.25) is 15.1 Å². The second-order valence-corrected chi connectivity index (χ2v) is 7.78. The van der Waals surface area contributed by atoms with Gasteiger partial charge in [-0.15, -0.1) is 12.4 Å². The highest BCUT2D eigenvalue weighted by molar-refractivity contribution is 6.33. The minimum absolute atomic E-state index is 0. The van der Waals surface area contributed by atoms with Gasteiger partial charge < -0.3 is 0 Å². The molecule has 32 heavy (non-hydrogen) atoms. The summed E-state index contributed by atoms with van der Waals surface area (Å²) in [5.74, 6) is 4.59. The van der Waals surface area contributed by atoms with E-state index >= 15 is 0 Å². The number of hydrogen-bond donors (Lipinski definition) is 2. The van der Waals surface area contributed by atoms with Gasteiger partial charge in [0, 0.05) is 21.8 Å². The van der Waals surface area contributed by atoms with Gasteiger partial charge in [0.1, 0.15) is 11.6 Å². The molecule has 0 aliphatic rings. The zero-order valence-electron chi connectivity index (χ0n) is 16.2. The SMILES string of the molecule is Cl.NNC(=O)c1nc(-c2ccccc2Cl)n(-c2ccc(Cl)cc2)c1-c1ccc(F)c(Cl)c1. The lowest BCUT2D eigenvalue weighted by Crippen LogP contribution is -2.30. The van der Waals surface area contributed by atoms with Crippen LogP contribution in [0.1, 0.15) is 10.5 Å². The molecule has 0 unspecified atom stereocenters. The third-order valence-corrected chi connectivity index (χ3v) is 5.49. The van der Waals surface area contributed by atoms with Crippen molar-refractivity contribution in [3.05, 3.63) is 93.3 Å². The molecular formula is C22H15Cl4FN4O. The smallest absolute Gasteiger partial charge is 0.286 e. The van der Waals surface area contributed by atoms with Gasteiger partial charge in [0.2, 0.25) is 0 Å². The van der Waals surface area contributed by atoms with Crippen molar-refractivity contribution in [2.24, 2.45) is 5.84 Å². The number of hydrazine groups is 1. The average Bonchev–Trinajstić information content (AvgIpc) is 3.16. The van der Waals surface area contributed by atoms with E-state index in [1.54, 1.807) is 53.1 Å². The summed E-state index contributed by atoms with van der Waals surface area (Å²) in [6.45, 7) is 0. The van der Waals surface area contributed by atoms with Gasteiger partial charge in [0.15, 0.2) is 5.69 Å². The first kappa shape index (κ1) is 24.0. The summed E-state index contributed by atoms with van der Waals surface area (Å²) in [5.41, 5.74) is 4.20. The number of nitrogens with one attached hydrogen (secondary N) is 1. The van der Waals surface area contributed by atoms with Crippen LogP contribution in [0.15, 0.2) is 66.7 Å². The molecule has 0 saturated carbocycles. The molecule has 0 aliphatic heterocycles. The normalized spacial score (nSPS) is 10.5. The molecule has 0 atom stereocenters. The van der Waals surface area contributed by atoms with Crippen molar-refractivity contribution < 1.29 is 9.18 Å². The average molecular weight is 512 g/mol. The number of hydrogen-bond acceptors (Lipinski definition) is 3. The fourth-order valence-electron chi connectivity index (χ4n) is 3.22. The molecule has 0 fully saturated rings. The van der Waals surface area contributed by atoms with E-state index in [1.807, 2.05) is 0 Å². The highest BCUT2D eigenvalue weighted by Crippen LogP contribution is 2.37. The van der Waals surface area contributed by atoms with Crippen molar-refractivity contribution in [3.8, 4) is 28.3 Å².